The number of fused-ring (bicyclic) bond motifs is 18. The van der Waals surface area contributed by atoms with Crippen molar-refractivity contribution in [1.29, 1.82) is 0 Å². The van der Waals surface area contributed by atoms with Crippen LogP contribution in [0.3, 0.4) is 0 Å². The van der Waals surface area contributed by atoms with E-state index >= 15 is 28.8 Å². The second-order valence-electron chi connectivity index (χ2n) is 32.1. The molecule has 20 N–H and O–H groups in total. The van der Waals surface area contributed by atoms with Gasteiger partial charge in [0.1, 0.15) is 102 Å². The number of carboxylic acids is 1. The van der Waals surface area contributed by atoms with Crippen LogP contribution >= 0.6 is 23.2 Å². The topological polar surface area (TPSA) is 543 Å². The number of amides is 8. The van der Waals surface area contributed by atoms with E-state index in [9.17, 15) is 65.4 Å². The average Bonchev–Trinajstić information content (AvgIpc) is 1.37. The van der Waals surface area contributed by atoms with Crippen molar-refractivity contribution >= 4 is 76.6 Å². The van der Waals surface area contributed by atoms with E-state index in [0.717, 1.165) is 121 Å². The zero-order chi connectivity index (χ0) is 89.0. The Morgan fingerprint density at radius 3 is 1.88 bits per heavy atom. The minimum absolute atomic E-state index is 0.105. The first-order valence-electron chi connectivity index (χ1n) is 40.5. The maximum atomic E-state index is 16.4. The SMILES string of the molecule is CCCCCCCN[C@@]1(C)C[C@H](O[C@H]2[C@H](Oc3c4cc5cc3Oc3ccc(cc3Cl)[C@@H](O)[C@@H](NC(=O)[C@@H](CC(C)C)NC(=O)OCC3c6ccccc6-c6ccccc63)C(=O)N[C@@H](CC(N)=O)C(=O)N[C@H]5C(=O)N[C@H]3C(=O)N[C@H](C(=O)N[C@H](C(=O)O)c5cc(O)cc(O)c5-c5cc3ccc5O)[C@H](O)c3ccc(c(Cl)c3)O4)O[C@H](CO)[C@@H](O)[C@@H]2O)O[C@@H](C)[C@H]1O. The van der Waals surface area contributed by atoms with Crippen molar-refractivity contribution in [3.8, 4) is 68.2 Å². The van der Waals surface area contributed by atoms with Crippen molar-refractivity contribution in [2.45, 2.75) is 201 Å². The van der Waals surface area contributed by atoms with Gasteiger partial charge in [0.05, 0.1) is 35.3 Å². The number of carbonyl (C=O) groups excluding carboxylic acids is 8. The van der Waals surface area contributed by atoms with E-state index < -0.39 is 254 Å². The molecule has 0 aromatic heterocycles. The number of aromatic hydroxyl groups is 3. The molecule has 18 atom stereocenters. The second-order valence-corrected chi connectivity index (χ2v) is 33.0. The first-order valence-corrected chi connectivity index (χ1v) is 41.2. The number of carboxylic acid groups (broad SMARTS) is 1. The lowest BCUT2D eigenvalue weighted by Gasteiger charge is -2.48. The van der Waals surface area contributed by atoms with Gasteiger partial charge in [0.15, 0.2) is 29.9 Å². The molecule has 7 heterocycles. The smallest absolute Gasteiger partial charge is 0.407 e. The third-order valence-corrected chi connectivity index (χ3v) is 23.4. The lowest BCUT2D eigenvalue weighted by atomic mass is 9.85. The summed E-state index contributed by atoms with van der Waals surface area (Å²) >= 11 is 14.4. The molecule has 7 aromatic carbocycles. The summed E-state index contributed by atoms with van der Waals surface area (Å²) in [6.07, 6.45) is -15.3. The number of halogens is 2. The molecular weight excluding hydrogens is 1660 g/mol. The molecule has 2 fully saturated rings. The number of aliphatic hydroxyl groups is 6. The van der Waals surface area contributed by atoms with Crippen molar-refractivity contribution in [1.82, 2.24) is 42.5 Å². The van der Waals surface area contributed by atoms with Gasteiger partial charge in [0, 0.05) is 40.6 Å². The van der Waals surface area contributed by atoms with Crippen molar-refractivity contribution in [3.63, 3.8) is 0 Å². The summed E-state index contributed by atoms with van der Waals surface area (Å²) in [6, 6.07) is 13.4. The number of aliphatic hydroxyl groups excluding tert-OH is 6. The Balaban J connectivity index is 0.961. The Morgan fingerprint density at radius 2 is 1.26 bits per heavy atom. The highest BCUT2D eigenvalue weighted by Crippen LogP contribution is 2.51. The van der Waals surface area contributed by atoms with E-state index in [1.54, 1.807) is 27.7 Å². The van der Waals surface area contributed by atoms with Crippen molar-refractivity contribution in [2.24, 2.45) is 11.7 Å². The summed E-state index contributed by atoms with van der Waals surface area (Å²) in [4.78, 5) is 134. The molecular formula is C87H97Cl2N9O26. The van der Waals surface area contributed by atoms with Gasteiger partial charge in [0.25, 0.3) is 0 Å². The lowest BCUT2D eigenvalue weighted by molar-refractivity contribution is -0.334. The third-order valence-electron chi connectivity index (χ3n) is 22.8. The highest BCUT2D eigenvalue weighted by Gasteiger charge is 2.52. The molecule has 35 nitrogen and oxygen atoms in total. The summed E-state index contributed by atoms with van der Waals surface area (Å²) in [5.74, 6) is -17.4. The first kappa shape index (κ1) is 90.3. The number of phenols is 3. The summed E-state index contributed by atoms with van der Waals surface area (Å²) in [7, 11) is 0. The predicted octanol–water partition coefficient (Wildman–Crippen LogP) is 6.03. The molecule has 11 bridgehead atoms. The molecule has 660 valence electrons. The molecule has 0 spiro atoms. The van der Waals surface area contributed by atoms with Crippen LogP contribution < -0.4 is 62.5 Å². The maximum Gasteiger partial charge on any atom is 0.407 e. The number of unbranched alkanes of at least 4 members (excludes halogenated alkanes) is 4. The van der Waals surface area contributed by atoms with E-state index in [4.69, 9.17) is 62.1 Å². The van der Waals surface area contributed by atoms with Crippen LogP contribution in [0.1, 0.15) is 161 Å². The minimum Gasteiger partial charge on any atom is -0.508 e. The first-order chi connectivity index (χ1) is 59.1. The molecule has 0 saturated carbocycles. The zero-order valence-electron chi connectivity index (χ0n) is 67.7. The van der Waals surface area contributed by atoms with Crippen LogP contribution in [0.5, 0.6) is 46.0 Å². The fourth-order valence-electron chi connectivity index (χ4n) is 16.4. The van der Waals surface area contributed by atoms with E-state index in [0.29, 0.717) is 6.54 Å². The number of nitrogens with one attached hydrogen (secondary N) is 8. The summed E-state index contributed by atoms with van der Waals surface area (Å²) in [6.45, 7) is 8.19. The Hall–Kier alpha value is -11.5. The highest BCUT2D eigenvalue weighted by molar-refractivity contribution is 6.32. The van der Waals surface area contributed by atoms with Crippen LogP contribution in [0.25, 0.3) is 22.3 Å². The standard InChI is InChI=1S/C87H97Cl2N9O26/c1-6-7-8-9-14-25-91-87(5)35-64(119-39(4)77(87)108)123-76-74(107)73(106)62(36-99)122-85(76)124-75-60-30-43-31-61(75)121-59-24-21-42(29-53(59)89)72(105)70-83(114)96-68(84(115)116)50-32-44(100)33-57(102)65(50)49-27-40(19-22-56(49)101)66(80(111)98-70)95-81(112)67(43)94-79(110)55(34-63(90)103)92-82(113)69(71(104)41-20-23-58(120-60)52(88)28-41)97-78(109)54(26-38(2)3)93-86(117)118-37-51-47-17-12-10-15-45(47)46-16-11-13-18-48(46)51/h10-13,15-24,27-33,38-39,51,54-55,62,64,66-74,76-77,85,91,99-102,104-108H,6-9,14,25-26,34-37H2,1-5H3,(H2,90,103)(H,92,113)(H,93,117)(H,94,110)(H,95,112)(H,96,114)(H,97,109)(H,98,111)(H,115,116)/t39-,54+,55-,62+,64-,66+,67+,68-,69+,70-,71+,72+,73+,74-,76+,77+,85-,87-/m0/s1. The Bertz CT molecular complexity index is 5190. The number of rotatable bonds is 22. The highest BCUT2D eigenvalue weighted by atomic mass is 35.5. The van der Waals surface area contributed by atoms with Gasteiger partial charge in [-0.15, -0.1) is 0 Å². The number of hydrogen-bond donors (Lipinski definition) is 19. The van der Waals surface area contributed by atoms with Gasteiger partial charge >= 0.3 is 12.1 Å². The number of phenolic OH excluding ortho intramolecular Hbond substituents is 3. The molecule has 8 amide bonds. The van der Waals surface area contributed by atoms with Gasteiger partial charge in [-0.05, 0) is 138 Å². The van der Waals surface area contributed by atoms with Crippen LogP contribution in [-0.2, 0) is 57.3 Å². The second kappa shape index (κ2) is 38.3. The number of aliphatic carboxylic acids is 1. The van der Waals surface area contributed by atoms with E-state index in [-0.39, 0.29) is 47.8 Å². The molecule has 15 rings (SSSR count). The van der Waals surface area contributed by atoms with Gasteiger partial charge in [-0.25, -0.2) is 9.59 Å². The van der Waals surface area contributed by atoms with Crippen molar-refractivity contribution in [3.05, 3.63) is 176 Å². The molecule has 0 unspecified atom stereocenters. The Labute approximate surface area is 720 Å². The predicted molar refractivity (Wildman–Crippen MR) is 441 cm³/mol. The molecule has 1 aliphatic carbocycles. The summed E-state index contributed by atoms with van der Waals surface area (Å²) in [5, 5.41) is 137. The number of carbonyl (C=O) groups is 9. The molecule has 7 aliphatic heterocycles. The number of nitrogens with two attached hydrogens (primary N) is 1. The summed E-state index contributed by atoms with van der Waals surface area (Å²) in [5.41, 5.74) is 5.36. The van der Waals surface area contributed by atoms with Gasteiger partial charge in [-0.2, -0.15) is 0 Å². The van der Waals surface area contributed by atoms with Gasteiger partial charge in [-0.1, -0.05) is 136 Å². The fourth-order valence-corrected chi connectivity index (χ4v) is 16.9. The lowest BCUT2D eigenvalue weighted by Crippen LogP contribution is -2.65. The van der Waals surface area contributed by atoms with Crippen LogP contribution in [0.2, 0.25) is 10.0 Å². The van der Waals surface area contributed by atoms with E-state index in [1.807, 2.05) is 48.5 Å². The van der Waals surface area contributed by atoms with Crippen molar-refractivity contribution < 1.29 is 127 Å². The third kappa shape index (κ3) is 19.5. The monoisotopic (exact) mass is 1750 g/mol. The number of alkyl carbamates (subject to hydrolysis) is 1. The number of ether oxygens (including phenoxy) is 7. The largest absolute Gasteiger partial charge is 0.508 e. The number of benzene rings is 7. The van der Waals surface area contributed by atoms with Crippen molar-refractivity contribution in [2.75, 3.05) is 19.8 Å². The van der Waals surface area contributed by atoms with Gasteiger partial charge < -0.3 is 132 Å². The van der Waals surface area contributed by atoms with E-state index in [1.165, 1.54) is 12.1 Å². The molecule has 0 radical (unpaired) electrons. The normalized spacial score (nSPS) is 26.5. The fraction of sp³-hybridized carbons (Fsp3) is 0.414. The van der Waals surface area contributed by atoms with Crippen LogP contribution in [0, 0.1) is 5.92 Å². The zero-order valence-corrected chi connectivity index (χ0v) is 69.2. The molecule has 2 saturated heterocycles. The molecule has 7 aromatic rings. The average molecular weight is 1760 g/mol. The summed E-state index contributed by atoms with van der Waals surface area (Å²) < 4.78 is 45.3. The number of hydrogen-bond acceptors (Lipinski definition) is 26. The Kier molecular flexibility index (Phi) is 27.9. The van der Waals surface area contributed by atoms with E-state index in [2.05, 4.69) is 49.5 Å². The molecule has 8 aliphatic rings. The maximum absolute atomic E-state index is 16.4. The molecule has 37 heteroatoms. The quantitative estimate of drug-likeness (QED) is 0.0344. The van der Waals surface area contributed by atoms with Crippen LogP contribution in [-0.4, -0.2) is 203 Å². The van der Waals surface area contributed by atoms with Crippen LogP contribution in [0.4, 0.5) is 4.79 Å². The number of primary amides is 1. The minimum atomic E-state index is -2.41. The van der Waals surface area contributed by atoms with Gasteiger partial charge in [0.2, 0.25) is 53.4 Å². The van der Waals surface area contributed by atoms with Gasteiger partial charge in [-0.3, -0.25) is 33.6 Å². The van der Waals surface area contributed by atoms with Crippen LogP contribution in [0.15, 0.2) is 127 Å². The molecule has 124 heavy (non-hydrogen) atoms. The Morgan fingerprint density at radius 1 is 0.645 bits per heavy atom.